The van der Waals surface area contributed by atoms with E-state index < -0.39 is 21.9 Å². The number of anilines is 2. The van der Waals surface area contributed by atoms with Crippen molar-refractivity contribution in [1.82, 2.24) is 25.1 Å². The second kappa shape index (κ2) is 10.3. The smallest absolute Gasteiger partial charge is 0.404 e. The largest absolute Gasteiger partial charge is 0.465 e. The van der Waals surface area contributed by atoms with Gasteiger partial charge in [0.2, 0.25) is 16.0 Å². The van der Waals surface area contributed by atoms with Gasteiger partial charge in [-0.1, -0.05) is 0 Å². The first-order valence-corrected chi connectivity index (χ1v) is 12.7. The van der Waals surface area contributed by atoms with Crippen molar-refractivity contribution in [3.63, 3.8) is 0 Å². The van der Waals surface area contributed by atoms with Gasteiger partial charge in [-0.25, -0.2) is 27.6 Å². The van der Waals surface area contributed by atoms with Gasteiger partial charge in [0.05, 0.1) is 17.6 Å². The van der Waals surface area contributed by atoms with Gasteiger partial charge in [-0.2, -0.15) is 5.10 Å². The third-order valence-corrected chi connectivity index (χ3v) is 5.49. The molecular weight excluding hydrogens is 477 g/mol. The summed E-state index contributed by atoms with van der Waals surface area (Å²) in [6.07, 6.45) is 3.09. The van der Waals surface area contributed by atoms with E-state index in [9.17, 15) is 13.2 Å². The van der Waals surface area contributed by atoms with Gasteiger partial charge in [0.1, 0.15) is 5.69 Å². The molecule has 35 heavy (non-hydrogen) atoms. The highest BCUT2D eigenvalue weighted by Gasteiger charge is 2.22. The third kappa shape index (κ3) is 6.66. The number of sulfonamides is 1. The molecule has 11 nitrogen and oxygen atoms in total. The summed E-state index contributed by atoms with van der Waals surface area (Å²) in [5.74, 6) is -0.494. The van der Waals surface area contributed by atoms with Gasteiger partial charge >= 0.3 is 6.09 Å². The van der Waals surface area contributed by atoms with Crippen LogP contribution >= 0.6 is 0 Å². The minimum absolute atomic E-state index is 0.0358. The molecule has 4 N–H and O–H groups in total. The van der Waals surface area contributed by atoms with Gasteiger partial charge in [0.15, 0.2) is 5.82 Å². The Morgan fingerprint density at radius 3 is 2.57 bits per heavy atom. The van der Waals surface area contributed by atoms with E-state index in [-0.39, 0.29) is 35.8 Å². The van der Waals surface area contributed by atoms with Gasteiger partial charge in [-0.15, -0.1) is 0 Å². The van der Waals surface area contributed by atoms with Crippen LogP contribution < -0.4 is 15.4 Å². The Labute approximate surface area is 202 Å². The fourth-order valence-corrected chi connectivity index (χ4v) is 3.91. The fraction of sp³-hybridized carbons (Fsp3) is 0.364. The summed E-state index contributed by atoms with van der Waals surface area (Å²) in [6, 6.07) is 4.24. The Hall–Kier alpha value is -3.74. The van der Waals surface area contributed by atoms with Crippen LogP contribution in [-0.4, -0.2) is 58.2 Å². The maximum atomic E-state index is 15.5. The first-order valence-electron chi connectivity index (χ1n) is 10.8. The highest BCUT2D eigenvalue weighted by Crippen LogP contribution is 2.36. The summed E-state index contributed by atoms with van der Waals surface area (Å²) in [5, 5.41) is 18.7. The van der Waals surface area contributed by atoms with Gasteiger partial charge in [-0.05, 0) is 51.5 Å². The van der Waals surface area contributed by atoms with E-state index in [1.807, 2.05) is 13.8 Å². The molecule has 0 fully saturated rings. The van der Waals surface area contributed by atoms with Gasteiger partial charge in [-0.3, -0.25) is 9.40 Å². The summed E-state index contributed by atoms with van der Waals surface area (Å²) < 4.78 is 42.9. The van der Waals surface area contributed by atoms with Crippen molar-refractivity contribution < 1.29 is 22.7 Å². The van der Waals surface area contributed by atoms with Crippen LogP contribution in [0.2, 0.25) is 0 Å². The van der Waals surface area contributed by atoms with E-state index in [1.54, 1.807) is 36.9 Å². The van der Waals surface area contributed by atoms with Crippen LogP contribution in [0.5, 0.6) is 0 Å². The number of carboxylic acid groups (broad SMARTS) is 1. The molecule has 1 atom stereocenters. The average molecular weight is 506 g/mol. The van der Waals surface area contributed by atoms with Gasteiger partial charge in [0.25, 0.3) is 0 Å². The van der Waals surface area contributed by atoms with E-state index in [4.69, 9.17) is 5.11 Å². The van der Waals surface area contributed by atoms with E-state index >= 15 is 4.39 Å². The molecule has 0 spiro atoms. The number of benzene rings is 1. The molecule has 13 heteroatoms. The summed E-state index contributed by atoms with van der Waals surface area (Å²) in [7, 11) is -3.70. The van der Waals surface area contributed by atoms with Crippen LogP contribution in [0.1, 0.15) is 32.4 Å². The number of aromatic nitrogens is 4. The average Bonchev–Trinajstić information content (AvgIpc) is 3.19. The van der Waals surface area contributed by atoms with Crippen molar-refractivity contribution in [3.05, 3.63) is 42.0 Å². The number of nitrogens with one attached hydrogen (secondary N) is 3. The normalized spacial score (nSPS) is 12.4. The summed E-state index contributed by atoms with van der Waals surface area (Å²) in [6.45, 7) is 7.52. The minimum Gasteiger partial charge on any atom is -0.465 e. The molecule has 0 bridgehead atoms. The van der Waals surface area contributed by atoms with Crippen LogP contribution in [0.4, 0.5) is 20.8 Å². The zero-order valence-corrected chi connectivity index (χ0v) is 20.8. The van der Waals surface area contributed by atoms with Crippen molar-refractivity contribution in [3.8, 4) is 22.5 Å². The number of hydrogen-bond acceptors (Lipinski definition) is 7. The Balaban J connectivity index is 2.06. The molecule has 0 saturated heterocycles. The molecule has 0 radical (unpaired) electrons. The van der Waals surface area contributed by atoms with Crippen LogP contribution in [0.25, 0.3) is 22.5 Å². The molecule has 0 saturated carbocycles. The predicted octanol–water partition coefficient (Wildman–Crippen LogP) is 3.48. The molecular formula is C22H28FN7O4S. The number of rotatable bonds is 9. The van der Waals surface area contributed by atoms with Crippen molar-refractivity contribution in [2.24, 2.45) is 0 Å². The maximum absolute atomic E-state index is 15.5. The van der Waals surface area contributed by atoms with Crippen LogP contribution in [-0.2, 0) is 10.0 Å². The zero-order chi connectivity index (χ0) is 25.9. The molecule has 2 aromatic heterocycles. The number of carbonyl (C=O) groups is 1. The Morgan fingerprint density at radius 2 is 1.94 bits per heavy atom. The SMILES string of the molecule is Cc1cc(NS(C)(=O)=O)c(F)c(-c2nn(C(C)C)cc2-c2ccnc(NC[C@H](C)NC(=O)O)n2)c1. The molecule has 1 aromatic carbocycles. The first kappa shape index (κ1) is 25.9. The molecule has 1 amide bonds. The predicted molar refractivity (Wildman–Crippen MR) is 131 cm³/mol. The lowest BCUT2D eigenvalue weighted by Crippen LogP contribution is -2.36. The van der Waals surface area contributed by atoms with Crippen LogP contribution in [0.3, 0.4) is 0 Å². The van der Waals surface area contributed by atoms with Crippen molar-refractivity contribution in [2.75, 3.05) is 22.8 Å². The fourth-order valence-electron chi connectivity index (χ4n) is 3.36. The number of hydrogen-bond donors (Lipinski definition) is 4. The Bertz CT molecular complexity index is 1340. The third-order valence-electron chi connectivity index (χ3n) is 4.90. The van der Waals surface area contributed by atoms with E-state index in [1.165, 1.54) is 12.3 Å². The molecule has 0 aliphatic heterocycles. The van der Waals surface area contributed by atoms with Crippen LogP contribution in [0, 0.1) is 12.7 Å². The molecule has 3 rings (SSSR count). The van der Waals surface area contributed by atoms with Crippen molar-refractivity contribution >= 4 is 27.8 Å². The molecule has 0 unspecified atom stereocenters. The first-order chi connectivity index (χ1) is 16.3. The lowest BCUT2D eigenvalue weighted by atomic mass is 10.0. The van der Waals surface area contributed by atoms with Crippen molar-refractivity contribution in [2.45, 2.75) is 39.8 Å². The van der Waals surface area contributed by atoms with Gasteiger partial charge < -0.3 is 15.7 Å². The van der Waals surface area contributed by atoms with E-state index in [0.717, 1.165) is 6.26 Å². The summed E-state index contributed by atoms with van der Waals surface area (Å²) in [4.78, 5) is 19.5. The minimum atomic E-state index is -3.70. The van der Waals surface area contributed by atoms with Gasteiger partial charge in [0, 0.05) is 42.1 Å². The maximum Gasteiger partial charge on any atom is 0.404 e. The summed E-state index contributed by atoms with van der Waals surface area (Å²) >= 11 is 0. The second-order valence-electron chi connectivity index (χ2n) is 8.51. The van der Waals surface area contributed by atoms with Crippen molar-refractivity contribution in [1.29, 1.82) is 0 Å². The molecule has 188 valence electrons. The second-order valence-corrected chi connectivity index (χ2v) is 10.3. The number of nitrogens with zero attached hydrogens (tertiary/aromatic N) is 4. The van der Waals surface area contributed by atoms with Crippen LogP contribution in [0.15, 0.2) is 30.6 Å². The highest BCUT2D eigenvalue weighted by molar-refractivity contribution is 7.92. The molecule has 0 aliphatic rings. The van der Waals surface area contributed by atoms with E-state index in [2.05, 4.69) is 30.4 Å². The standard InChI is InChI=1S/C22H28FN7O4S/c1-12(2)30-11-16(17-6-7-24-21(27-17)25-10-14(4)26-22(31)32)20(28-30)15-8-13(3)9-18(19(15)23)29-35(5,33)34/h6-9,11-12,14,26,29H,10H2,1-5H3,(H,31,32)(H,24,25,27)/t14-/m0/s1. The quantitative estimate of drug-likeness (QED) is 0.345. The summed E-state index contributed by atoms with van der Waals surface area (Å²) in [5.41, 5.74) is 1.87. The lowest BCUT2D eigenvalue weighted by Gasteiger charge is -2.13. The number of halogens is 1. The Morgan fingerprint density at radius 1 is 1.23 bits per heavy atom. The Kier molecular flexibility index (Phi) is 7.58. The van der Waals surface area contributed by atoms with E-state index in [0.29, 0.717) is 22.5 Å². The lowest BCUT2D eigenvalue weighted by molar-refractivity contribution is 0.191. The molecule has 2 heterocycles. The molecule has 3 aromatic rings. The number of aryl methyl sites for hydroxylation is 1. The highest BCUT2D eigenvalue weighted by atomic mass is 32.2. The zero-order valence-electron chi connectivity index (χ0n) is 20.0. The molecule has 0 aliphatic carbocycles. The monoisotopic (exact) mass is 505 g/mol. The number of amides is 1. The topological polar surface area (TPSA) is 151 Å².